The molecule has 1 aromatic carbocycles. The molecule has 1 aliphatic rings. The minimum atomic E-state index is 0.227. The Balaban J connectivity index is 1.82. The van der Waals surface area contributed by atoms with E-state index in [4.69, 9.17) is 24.5 Å². The van der Waals surface area contributed by atoms with Gasteiger partial charge in [0.1, 0.15) is 12.4 Å². The molecular weight excluding hydrogens is 236 g/mol. The number of hydrogen-bond acceptors (Lipinski definition) is 6. The van der Waals surface area contributed by atoms with Gasteiger partial charge in [0.15, 0.2) is 17.3 Å². The molecule has 0 radical (unpaired) electrons. The monoisotopic (exact) mass is 248 g/mol. The van der Waals surface area contributed by atoms with Gasteiger partial charge in [-0.05, 0) is 6.07 Å². The molecule has 1 aromatic heterocycles. The van der Waals surface area contributed by atoms with Gasteiger partial charge in [0, 0.05) is 24.2 Å². The highest BCUT2D eigenvalue weighted by Gasteiger charge is 2.17. The Morgan fingerprint density at radius 1 is 1.28 bits per heavy atom. The van der Waals surface area contributed by atoms with E-state index in [2.05, 4.69) is 5.16 Å². The third kappa shape index (κ3) is 1.98. The number of nitrogens with zero attached hydrogens (tertiary/aromatic N) is 1. The lowest BCUT2D eigenvalue weighted by atomic mass is 10.2. The fourth-order valence-corrected chi connectivity index (χ4v) is 1.72. The van der Waals surface area contributed by atoms with Crippen LogP contribution in [0.5, 0.6) is 17.2 Å². The van der Waals surface area contributed by atoms with Gasteiger partial charge < -0.3 is 24.5 Å². The molecule has 3 rings (SSSR count). The van der Waals surface area contributed by atoms with Crippen molar-refractivity contribution in [2.24, 2.45) is 5.73 Å². The molecular formula is C12H12N2O4. The molecule has 94 valence electrons. The molecule has 2 heterocycles. The van der Waals surface area contributed by atoms with E-state index < -0.39 is 0 Å². The Kier molecular flexibility index (Phi) is 2.77. The van der Waals surface area contributed by atoms with Crippen molar-refractivity contribution in [3.05, 3.63) is 35.7 Å². The third-order valence-electron chi connectivity index (χ3n) is 2.64. The van der Waals surface area contributed by atoms with Crippen molar-refractivity contribution in [1.82, 2.24) is 5.16 Å². The van der Waals surface area contributed by atoms with Crippen molar-refractivity contribution in [2.75, 3.05) is 6.79 Å². The summed E-state index contributed by atoms with van der Waals surface area (Å²) >= 11 is 0. The van der Waals surface area contributed by atoms with Gasteiger partial charge in [-0.15, -0.1) is 0 Å². The van der Waals surface area contributed by atoms with Crippen LogP contribution in [-0.4, -0.2) is 11.9 Å². The molecule has 18 heavy (non-hydrogen) atoms. The Bertz CT molecular complexity index is 539. The molecule has 0 amide bonds. The van der Waals surface area contributed by atoms with Crippen LogP contribution in [0.2, 0.25) is 0 Å². The van der Waals surface area contributed by atoms with Crippen LogP contribution in [0, 0.1) is 0 Å². The van der Waals surface area contributed by atoms with Crippen LogP contribution in [0.15, 0.2) is 28.9 Å². The van der Waals surface area contributed by atoms with Crippen molar-refractivity contribution in [2.45, 2.75) is 13.2 Å². The van der Waals surface area contributed by atoms with Gasteiger partial charge >= 0.3 is 0 Å². The summed E-state index contributed by atoms with van der Waals surface area (Å²) in [4.78, 5) is 0. The average molecular weight is 248 g/mol. The highest BCUT2D eigenvalue weighted by atomic mass is 16.7. The summed E-state index contributed by atoms with van der Waals surface area (Å²) in [5.41, 5.74) is 6.54. The molecule has 6 heteroatoms. The van der Waals surface area contributed by atoms with E-state index in [1.165, 1.54) is 0 Å². The van der Waals surface area contributed by atoms with Gasteiger partial charge in [-0.1, -0.05) is 5.16 Å². The van der Waals surface area contributed by atoms with Crippen LogP contribution in [0.4, 0.5) is 0 Å². The first kappa shape index (κ1) is 10.9. The number of fused-ring (bicyclic) bond motifs is 1. The first-order valence-electron chi connectivity index (χ1n) is 5.52. The van der Waals surface area contributed by atoms with Crippen LogP contribution in [-0.2, 0) is 13.2 Å². The predicted molar refractivity (Wildman–Crippen MR) is 61.3 cm³/mol. The van der Waals surface area contributed by atoms with Gasteiger partial charge in [0.25, 0.3) is 0 Å². The van der Waals surface area contributed by atoms with Crippen molar-refractivity contribution in [3.63, 3.8) is 0 Å². The minimum absolute atomic E-state index is 0.227. The van der Waals surface area contributed by atoms with Gasteiger partial charge in [-0.2, -0.15) is 0 Å². The summed E-state index contributed by atoms with van der Waals surface area (Å²) < 4.78 is 21.2. The second-order valence-electron chi connectivity index (χ2n) is 3.78. The molecule has 0 saturated carbocycles. The minimum Gasteiger partial charge on any atom is -0.485 e. The molecule has 2 N–H and O–H groups in total. The average Bonchev–Trinajstić information content (AvgIpc) is 3.05. The zero-order chi connectivity index (χ0) is 12.4. The Labute approximate surface area is 103 Å². The van der Waals surface area contributed by atoms with E-state index in [0.717, 1.165) is 5.56 Å². The molecule has 0 bridgehead atoms. The van der Waals surface area contributed by atoms with Gasteiger partial charge in [-0.25, -0.2) is 0 Å². The maximum absolute atomic E-state index is 5.68. The van der Waals surface area contributed by atoms with Gasteiger partial charge in [-0.3, -0.25) is 0 Å². The molecule has 0 spiro atoms. The molecule has 0 unspecified atom stereocenters. The summed E-state index contributed by atoms with van der Waals surface area (Å²) in [6, 6.07) is 5.36. The number of aromatic nitrogens is 1. The second kappa shape index (κ2) is 4.58. The van der Waals surface area contributed by atoms with E-state index in [1.54, 1.807) is 18.3 Å². The first-order chi connectivity index (χ1) is 8.86. The number of benzene rings is 1. The lowest BCUT2D eigenvalue weighted by molar-refractivity contribution is 0.173. The van der Waals surface area contributed by atoms with Crippen LogP contribution in [0.25, 0.3) is 0 Å². The maximum Gasteiger partial charge on any atom is 0.231 e. The first-order valence-corrected chi connectivity index (χ1v) is 5.52. The highest BCUT2D eigenvalue weighted by molar-refractivity contribution is 5.51. The Morgan fingerprint density at radius 2 is 2.11 bits per heavy atom. The summed E-state index contributed by atoms with van der Waals surface area (Å²) in [6.07, 6.45) is 1.57. The van der Waals surface area contributed by atoms with Crippen LogP contribution in [0.3, 0.4) is 0 Å². The predicted octanol–water partition coefficient (Wildman–Crippen LogP) is 1.44. The highest BCUT2D eigenvalue weighted by Crippen LogP contribution is 2.38. The standard InChI is InChI=1S/C12H12N2O4/c13-5-8-3-11-12(17-7-16-11)4-10(8)15-6-9-1-2-14-18-9/h1-4H,5-7,13H2. The lowest BCUT2D eigenvalue weighted by Crippen LogP contribution is -2.02. The zero-order valence-electron chi connectivity index (χ0n) is 9.59. The fraction of sp³-hybridized carbons (Fsp3) is 0.250. The number of rotatable bonds is 4. The largest absolute Gasteiger partial charge is 0.485 e. The van der Waals surface area contributed by atoms with Gasteiger partial charge in [0.05, 0.1) is 6.20 Å². The normalized spacial score (nSPS) is 12.7. The molecule has 1 aliphatic heterocycles. The van der Waals surface area contributed by atoms with Crippen molar-refractivity contribution >= 4 is 0 Å². The van der Waals surface area contributed by atoms with Gasteiger partial charge in [0.2, 0.25) is 6.79 Å². The fourth-order valence-electron chi connectivity index (χ4n) is 1.72. The SMILES string of the molecule is NCc1cc2c(cc1OCc1ccno1)OCO2. The van der Waals surface area contributed by atoms with E-state index >= 15 is 0 Å². The van der Waals surface area contributed by atoms with Crippen molar-refractivity contribution < 1.29 is 18.7 Å². The van der Waals surface area contributed by atoms with E-state index in [9.17, 15) is 0 Å². The second-order valence-corrected chi connectivity index (χ2v) is 3.78. The summed E-state index contributed by atoms with van der Waals surface area (Å²) in [5, 5.41) is 3.61. The molecule has 0 fully saturated rings. The number of hydrogen-bond donors (Lipinski definition) is 1. The van der Waals surface area contributed by atoms with E-state index in [0.29, 0.717) is 36.2 Å². The lowest BCUT2D eigenvalue weighted by Gasteiger charge is -2.10. The Morgan fingerprint density at radius 3 is 2.83 bits per heavy atom. The topological polar surface area (TPSA) is 79.7 Å². The smallest absolute Gasteiger partial charge is 0.231 e. The molecule has 2 aromatic rings. The van der Waals surface area contributed by atoms with Crippen molar-refractivity contribution in [1.29, 1.82) is 0 Å². The molecule has 6 nitrogen and oxygen atoms in total. The molecule has 0 aliphatic carbocycles. The van der Waals surface area contributed by atoms with E-state index in [1.807, 2.05) is 6.07 Å². The van der Waals surface area contributed by atoms with Crippen LogP contribution >= 0.6 is 0 Å². The van der Waals surface area contributed by atoms with Crippen LogP contribution in [0.1, 0.15) is 11.3 Å². The van der Waals surface area contributed by atoms with Crippen molar-refractivity contribution in [3.8, 4) is 17.2 Å². The van der Waals surface area contributed by atoms with Crippen LogP contribution < -0.4 is 19.9 Å². The quantitative estimate of drug-likeness (QED) is 0.881. The third-order valence-corrected chi connectivity index (χ3v) is 2.64. The summed E-state index contributed by atoms with van der Waals surface area (Å²) in [7, 11) is 0. The number of nitrogens with two attached hydrogens (primary N) is 1. The molecule has 0 saturated heterocycles. The zero-order valence-corrected chi connectivity index (χ0v) is 9.59. The number of ether oxygens (including phenoxy) is 3. The Hall–Kier alpha value is -2.21. The maximum atomic E-state index is 5.68. The van der Waals surface area contributed by atoms with E-state index in [-0.39, 0.29) is 6.79 Å². The summed E-state index contributed by atoms with van der Waals surface area (Å²) in [6.45, 7) is 0.889. The molecule has 0 atom stereocenters. The summed E-state index contributed by atoms with van der Waals surface area (Å²) in [5.74, 6) is 2.68.